The Labute approximate surface area is 115 Å². The summed E-state index contributed by atoms with van der Waals surface area (Å²) in [5, 5.41) is 0. The van der Waals surface area contributed by atoms with Crippen molar-refractivity contribution in [3.8, 4) is 0 Å². The van der Waals surface area contributed by atoms with Crippen molar-refractivity contribution in [2.75, 3.05) is 27.2 Å². The van der Waals surface area contributed by atoms with Crippen LogP contribution in [0.25, 0.3) is 0 Å². The summed E-state index contributed by atoms with van der Waals surface area (Å²) in [6, 6.07) is 0. The van der Waals surface area contributed by atoms with E-state index in [1.54, 1.807) is 13.8 Å². The molecule has 3 N–H and O–H groups in total. The first-order valence-electron chi connectivity index (χ1n) is 6.23. The summed E-state index contributed by atoms with van der Waals surface area (Å²) in [7, 11) is 0.345. The van der Waals surface area contributed by atoms with Gasteiger partial charge in [-0.3, -0.25) is 0 Å². The van der Waals surface area contributed by atoms with Gasteiger partial charge in [0.05, 0.1) is 0 Å². The van der Waals surface area contributed by atoms with Gasteiger partial charge < -0.3 is 15.1 Å². The minimum atomic E-state index is -3.55. The molecule has 6 nitrogen and oxygen atoms in total. The Hall–Kier alpha value is -0.890. The van der Waals surface area contributed by atoms with E-state index in [0.717, 1.165) is 13.0 Å². The molecular weight excluding hydrogens is 266 g/mol. The predicted molar refractivity (Wildman–Crippen MR) is 74.4 cm³/mol. The summed E-state index contributed by atoms with van der Waals surface area (Å²) >= 11 is 0. The first kappa shape index (κ1) is 16.2. The van der Waals surface area contributed by atoms with Crippen LogP contribution in [0.2, 0.25) is 0 Å². The molecule has 1 aromatic rings. The summed E-state index contributed by atoms with van der Waals surface area (Å²) in [6.07, 6.45) is 0.750. The van der Waals surface area contributed by atoms with Crippen molar-refractivity contribution >= 4 is 10.0 Å². The molecule has 0 saturated heterocycles. The fraction of sp³-hybridized carbons (Fsp3) is 0.667. The quantitative estimate of drug-likeness (QED) is 0.717. The molecule has 0 fully saturated rings. The molecule has 0 bridgehead atoms. The second-order valence-electron chi connectivity index (χ2n) is 4.78. The molecule has 0 amide bonds. The Morgan fingerprint density at radius 2 is 1.89 bits per heavy atom. The van der Waals surface area contributed by atoms with Crippen LogP contribution in [0.5, 0.6) is 0 Å². The van der Waals surface area contributed by atoms with Gasteiger partial charge in [0.2, 0.25) is 10.0 Å². The van der Waals surface area contributed by atoms with Crippen molar-refractivity contribution in [1.29, 1.82) is 0 Å². The van der Waals surface area contributed by atoms with E-state index in [4.69, 9.17) is 10.2 Å². The second-order valence-corrected chi connectivity index (χ2v) is 6.48. The number of nitrogens with zero attached hydrogens (tertiary/aromatic N) is 1. The number of hydrogen-bond acceptors (Lipinski definition) is 5. The zero-order chi connectivity index (χ0) is 14.6. The van der Waals surface area contributed by atoms with Crippen LogP contribution in [-0.2, 0) is 16.6 Å². The van der Waals surface area contributed by atoms with Crippen LogP contribution in [0.3, 0.4) is 0 Å². The minimum absolute atomic E-state index is 0.150. The molecule has 0 radical (unpaired) electrons. The lowest BCUT2D eigenvalue weighted by Gasteiger charge is -2.10. The summed E-state index contributed by atoms with van der Waals surface area (Å²) in [4.78, 5) is 2.20. The number of sulfonamides is 1. The third-order valence-electron chi connectivity index (χ3n) is 2.87. The zero-order valence-electron chi connectivity index (χ0n) is 12.0. The Morgan fingerprint density at radius 1 is 1.26 bits per heavy atom. The van der Waals surface area contributed by atoms with E-state index >= 15 is 0 Å². The maximum atomic E-state index is 12.3. The van der Waals surface area contributed by atoms with Crippen LogP contribution in [0.1, 0.15) is 23.5 Å². The number of nitrogens with two attached hydrogens (primary N) is 1. The van der Waals surface area contributed by atoms with Crippen molar-refractivity contribution in [3.63, 3.8) is 0 Å². The highest BCUT2D eigenvalue weighted by molar-refractivity contribution is 7.89. The Morgan fingerprint density at radius 3 is 2.42 bits per heavy atom. The molecule has 0 aromatic carbocycles. The third kappa shape index (κ3) is 4.04. The Bertz CT molecular complexity index is 521. The standard InChI is InChI=1S/C12H23N3O3S/c1-9-11(8-13)12(10(2)18-9)19(16,17)14-6-5-7-15(3)4/h14H,5-8,13H2,1-4H3. The summed E-state index contributed by atoms with van der Waals surface area (Å²) in [5.74, 6) is 0.951. The summed E-state index contributed by atoms with van der Waals surface area (Å²) < 4.78 is 32.5. The van der Waals surface area contributed by atoms with Crippen molar-refractivity contribution in [3.05, 3.63) is 17.1 Å². The van der Waals surface area contributed by atoms with E-state index in [0.29, 0.717) is 23.6 Å². The molecule has 0 atom stereocenters. The van der Waals surface area contributed by atoms with Crippen molar-refractivity contribution in [1.82, 2.24) is 9.62 Å². The molecule has 1 aromatic heterocycles. The molecule has 1 heterocycles. The number of furan rings is 1. The highest BCUT2D eigenvalue weighted by Crippen LogP contribution is 2.25. The first-order valence-corrected chi connectivity index (χ1v) is 7.71. The maximum absolute atomic E-state index is 12.3. The maximum Gasteiger partial charge on any atom is 0.244 e. The van der Waals surface area contributed by atoms with Gasteiger partial charge in [-0.1, -0.05) is 0 Å². The first-order chi connectivity index (χ1) is 8.79. The molecule has 7 heteroatoms. The SMILES string of the molecule is Cc1oc(C)c(S(=O)(=O)NCCCN(C)C)c1CN. The average Bonchev–Trinajstić information content (AvgIpc) is 2.59. The second kappa shape index (κ2) is 6.51. The molecule has 0 aliphatic rings. The lowest BCUT2D eigenvalue weighted by Crippen LogP contribution is -2.28. The van der Waals surface area contributed by atoms with Gasteiger partial charge in [0.1, 0.15) is 16.4 Å². The van der Waals surface area contributed by atoms with Crippen LogP contribution in [0.4, 0.5) is 0 Å². The van der Waals surface area contributed by atoms with Gasteiger partial charge in [-0.2, -0.15) is 0 Å². The smallest absolute Gasteiger partial charge is 0.244 e. The van der Waals surface area contributed by atoms with Gasteiger partial charge in [-0.05, 0) is 40.9 Å². The van der Waals surface area contributed by atoms with Gasteiger partial charge in [0.25, 0.3) is 0 Å². The molecule has 0 saturated carbocycles. The highest BCUT2D eigenvalue weighted by atomic mass is 32.2. The van der Waals surface area contributed by atoms with Crippen LogP contribution in [0, 0.1) is 13.8 Å². The zero-order valence-corrected chi connectivity index (χ0v) is 12.8. The van der Waals surface area contributed by atoms with Crippen LogP contribution < -0.4 is 10.5 Å². The summed E-state index contributed by atoms with van der Waals surface area (Å²) in [6.45, 7) is 4.74. The van der Waals surface area contributed by atoms with Crippen LogP contribution >= 0.6 is 0 Å². The Kier molecular flexibility index (Phi) is 5.54. The number of rotatable bonds is 7. The molecule has 19 heavy (non-hydrogen) atoms. The third-order valence-corrected chi connectivity index (χ3v) is 4.53. The highest BCUT2D eigenvalue weighted by Gasteiger charge is 2.25. The fourth-order valence-electron chi connectivity index (χ4n) is 1.97. The van der Waals surface area contributed by atoms with E-state index in [1.807, 2.05) is 19.0 Å². The topological polar surface area (TPSA) is 88.6 Å². The lowest BCUT2D eigenvalue weighted by molar-refractivity contribution is 0.400. The predicted octanol–water partition coefficient (Wildman–Crippen LogP) is 0.585. The average molecular weight is 289 g/mol. The van der Waals surface area contributed by atoms with E-state index in [2.05, 4.69) is 4.72 Å². The van der Waals surface area contributed by atoms with Gasteiger partial charge in [-0.15, -0.1) is 0 Å². The van der Waals surface area contributed by atoms with E-state index in [9.17, 15) is 8.42 Å². The van der Waals surface area contributed by atoms with Gasteiger partial charge in [0, 0.05) is 18.7 Å². The lowest BCUT2D eigenvalue weighted by atomic mass is 10.2. The molecular formula is C12H23N3O3S. The number of aryl methyl sites for hydroxylation is 2. The number of nitrogens with one attached hydrogen (secondary N) is 1. The largest absolute Gasteiger partial charge is 0.465 e. The van der Waals surface area contributed by atoms with Crippen molar-refractivity contribution in [2.24, 2.45) is 5.73 Å². The summed E-state index contributed by atoms with van der Waals surface area (Å²) in [5.41, 5.74) is 6.15. The van der Waals surface area contributed by atoms with E-state index in [-0.39, 0.29) is 11.4 Å². The van der Waals surface area contributed by atoms with Gasteiger partial charge in [0.15, 0.2) is 0 Å². The van der Waals surface area contributed by atoms with E-state index in [1.165, 1.54) is 0 Å². The van der Waals surface area contributed by atoms with Gasteiger partial charge in [-0.25, -0.2) is 13.1 Å². The molecule has 1 rings (SSSR count). The minimum Gasteiger partial charge on any atom is -0.465 e. The Balaban J connectivity index is 2.83. The van der Waals surface area contributed by atoms with Crippen LogP contribution in [-0.4, -0.2) is 40.5 Å². The van der Waals surface area contributed by atoms with Gasteiger partial charge >= 0.3 is 0 Å². The van der Waals surface area contributed by atoms with Crippen LogP contribution in [0.15, 0.2) is 9.31 Å². The van der Waals surface area contributed by atoms with Crippen molar-refractivity contribution < 1.29 is 12.8 Å². The van der Waals surface area contributed by atoms with E-state index < -0.39 is 10.0 Å². The molecule has 0 unspecified atom stereocenters. The monoisotopic (exact) mass is 289 g/mol. The van der Waals surface area contributed by atoms with Crippen molar-refractivity contribution in [2.45, 2.75) is 31.7 Å². The fourth-order valence-corrected chi connectivity index (χ4v) is 3.50. The number of hydrogen-bond donors (Lipinski definition) is 2. The molecule has 0 spiro atoms. The molecule has 0 aliphatic heterocycles. The normalized spacial score (nSPS) is 12.3. The molecule has 0 aliphatic carbocycles. The molecule has 110 valence electrons.